The summed E-state index contributed by atoms with van der Waals surface area (Å²) >= 11 is 12.5. The van der Waals surface area contributed by atoms with Gasteiger partial charge in [-0.3, -0.25) is 4.79 Å². The van der Waals surface area contributed by atoms with Gasteiger partial charge in [-0.1, -0.05) is 29.3 Å². The molecule has 4 rings (SSSR count). The summed E-state index contributed by atoms with van der Waals surface area (Å²) in [5.74, 6) is 1.14. The molecule has 0 atom stereocenters. The highest BCUT2D eigenvalue weighted by atomic mass is 35.5. The number of furan rings is 2. The number of carbonyl (C=O) groups is 1. The zero-order chi connectivity index (χ0) is 23.5. The first-order valence-electron chi connectivity index (χ1n) is 10.5. The van der Waals surface area contributed by atoms with Gasteiger partial charge in [0.2, 0.25) is 5.91 Å². The summed E-state index contributed by atoms with van der Waals surface area (Å²) in [7, 11) is 0. The van der Waals surface area contributed by atoms with Gasteiger partial charge in [-0.2, -0.15) is 0 Å². The fourth-order valence-electron chi connectivity index (χ4n) is 3.77. The molecule has 0 saturated carbocycles. The Balaban J connectivity index is 1.77. The van der Waals surface area contributed by atoms with E-state index in [1.165, 1.54) is 0 Å². The number of nitrogens with one attached hydrogen (secondary N) is 1. The Bertz CT molecular complexity index is 1340. The van der Waals surface area contributed by atoms with Crippen LogP contribution in [0.5, 0.6) is 5.75 Å². The molecule has 1 amide bonds. The third-order valence-electron chi connectivity index (χ3n) is 5.34. The number of aryl methyl sites for hydroxylation is 1. The Kier molecular flexibility index (Phi) is 6.82. The van der Waals surface area contributed by atoms with E-state index in [0.29, 0.717) is 40.3 Å². The molecule has 4 aromatic rings. The fraction of sp³-hybridized carbons (Fsp3) is 0.192. The van der Waals surface area contributed by atoms with Gasteiger partial charge in [-0.15, -0.1) is 0 Å². The lowest BCUT2D eigenvalue weighted by Crippen LogP contribution is -2.20. The van der Waals surface area contributed by atoms with Crippen LogP contribution in [-0.4, -0.2) is 12.5 Å². The van der Waals surface area contributed by atoms with Crippen LogP contribution in [0.25, 0.3) is 27.7 Å². The second-order valence-corrected chi connectivity index (χ2v) is 8.43. The molecule has 2 heterocycles. The molecule has 0 fully saturated rings. The lowest BCUT2D eigenvalue weighted by Gasteiger charge is -2.15. The minimum absolute atomic E-state index is 0.225. The molecule has 0 saturated heterocycles. The van der Waals surface area contributed by atoms with Crippen molar-refractivity contribution in [1.82, 2.24) is 5.32 Å². The Morgan fingerprint density at radius 3 is 2.67 bits per heavy atom. The molecule has 0 aliphatic carbocycles. The Morgan fingerprint density at radius 1 is 1.15 bits per heavy atom. The van der Waals surface area contributed by atoms with Gasteiger partial charge in [-0.05, 0) is 56.7 Å². The monoisotopic (exact) mass is 483 g/mol. The van der Waals surface area contributed by atoms with Crippen LogP contribution in [0.15, 0.2) is 63.8 Å². The van der Waals surface area contributed by atoms with Crippen LogP contribution in [0.3, 0.4) is 0 Å². The van der Waals surface area contributed by atoms with Crippen LogP contribution in [-0.2, 0) is 11.3 Å². The number of amides is 1. The van der Waals surface area contributed by atoms with Crippen LogP contribution >= 0.6 is 23.2 Å². The Hall–Kier alpha value is -3.15. The summed E-state index contributed by atoms with van der Waals surface area (Å²) in [6.45, 7) is 6.53. The average Bonchev–Trinajstić information content (AvgIpc) is 3.44. The molecule has 0 spiro atoms. The van der Waals surface area contributed by atoms with Gasteiger partial charge in [-0.25, -0.2) is 0 Å². The van der Waals surface area contributed by atoms with Crippen molar-refractivity contribution in [3.8, 4) is 16.9 Å². The maximum atomic E-state index is 12.5. The first kappa shape index (κ1) is 23.0. The lowest BCUT2D eigenvalue weighted by atomic mass is 9.96. The van der Waals surface area contributed by atoms with E-state index in [1.54, 1.807) is 36.8 Å². The molecule has 2 aromatic heterocycles. The third-order valence-corrected chi connectivity index (χ3v) is 5.89. The van der Waals surface area contributed by atoms with Gasteiger partial charge in [0.15, 0.2) is 0 Å². The summed E-state index contributed by atoms with van der Waals surface area (Å²) in [4.78, 5) is 12.5. The minimum Gasteiger partial charge on any atom is -0.493 e. The normalized spacial score (nSPS) is 11.7. The van der Waals surface area contributed by atoms with E-state index >= 15 is 0 Å². The molecule has 0 unspecified atom stereocenters. The van der Waals surface area contributed by atoms with Crippen LogP contribution in [0.2, 0.25) is 10.0 Å². The van der Waals surface area contributed by atoms with Gasteiger partial charge < -0.3 is 18.9 Å². The van der Waals surface area contributed by atoms with Gasteiger partial charge in [0.25, 0.3) is 0 Å². The highest BCUT2D eigenvalue weighted by Gasteiger charge is 2.20. The van der Waals surface area contributed by atoms with E-state index in [4.69, 9.17) is 36.8 Å². The fourth-order valence-corrected chi connectivity index (χ4v) is 4.28. The lowest BCUT2D eigenvalue weighted by molar-refractivity contribution is -0.116. The molecular formula is C26H23Cl2NO4. The van der Waals surface area contributed by atoms with E-state index in [0.717, 1.165) is 33.2 Å². The molecule has 5 nitrogen and oxygen atoms in total. The highest BCUT2D eigenvalue weighted by molar-refractivity contribution is 6.36. The number of rotatable bonds is 7. The zero-order valence-corrected chi connectivity index (χ0v) is 20.0. The first-order valence-corrected chi connectivity index (χ1v) is 11.3. The minimum atomic E-state index is -0.225. The van der Waals surface area contributed by atoms with E-state index in [-0.39, 0.29) is 5.91 Å². The zero-order valence-electron chi connectivity index (χ0n) is 18.5. The molecule has 0 bridgehead atoms. The quantitative estimate of drug-likeness (QED) is 0.277. The predicted molar refractivity (Wildman–Crippen MR) is 132 cm³/mol. The second kappa shape index (κ2) is 9.77. The van der Waals surface area contributed by atoms with Crippen LogP contribution in [0, 0.1) is 6.92 Å². The number of benzene rings is 2. The molecule has 0 aliphatic rings. The average molecular weight is 484 g/mol. The summed E-state index contributed by atoms with van der Waals surface area (Å²) in [5.41, 5.74) is 4.78. The van der Waals surface area contributed by atoms with Crippen LogP contribution in [0.4, 0.5) is 0 Å². The van der Waals surface area contributed by atoms with Crippen molar-refractivity contribution in [3.63, 3.8) is 0 Å². The van der Waals surface area contributed by atoms with Crippen molar-refractivity contribution in [3.05, 3.63) is 81.9 Å². The molecule has 33 heavy (non-hydrogen) atoms. The molecular weight excluding hydrogens is 461 g/mol. The Morgan fingerprint density at radius 2 is 1.97 bits per heavy atom. The summed E-state index contributed by atoms with van der Waals surface area (Å²) < 4.78 is 17.1. The van der Waals surface area contributed by atoms with Crippen molar-refractivity contribution in [2.24, 2.45) is 0 Å². The molecule has 0 aliphatic heterocycles. The highest BCUT2D eigenvalue weighted by Crippen LogP contribution is 2.42. The molecule has 1 N–H and O–H groups in total. The van der Waals surface area contributed by atoms with Gasteiger partial charge in [0.05, 0.1) is 30.7 Å². The van der Waals surface area contributed by atoms with E-state index < -0.39 is 0 Å². The topological polar surface area (TPSA) is 64.6 Å². The van der Waals surface area contributed by atoms with Crippen molar-refractivity contribution in [1.29, 1.82) is 0 Å². The number of fused-ring (bicyclic) bond motifs is 1. The molecule has 170 valence electrons. The molecule has 0 radical (unpaired) electrons. The summed E-state index contributed by atoms with van der Waals surface area (Å²) in [6, 6.07) is 10.9. The van der Waals surface area contributed by atoms with Crippen molar-refractivity contribution in [2.75, 3.05) is 6.61 Å². The number of hydrogen-bond donors (Lipinski definition) is 1. The van der Waals surface area contributed by atoms with Crippen molar-refractivity contribution in [2.45, 2.75) is 27.3 Å². The standard InChI is InChI=1S/C26H23Cl2NO4/c1-4-31-25-16(3)26-21(22(14-33-26)19-8-7-17(27)11-23(19)28)12-20(25)15(2)10-24(30)29-13-18-6-5-9-32-18/h5-12,14H,4,13H2,1-3H3,(H,29,30)/b15-10+. The van der Waals surface area contributed by atoms with Gasteiger partial charge in [0, 0.05) is 38.7 Å². The third kappa shape index (κ3) is 4.80. The summed E-state index contributed by atoms with van der Waals surface area (Å²) in [5, 5.41) is 4.80. The van der Waals surface area contributed by atoms with Crippen LogP contribution < -0.4 is 10.1 Å². The maximum absolute atomic E-state index is 12.5. The second-order valence-electron chi connectivity index (χ2n) is 7.59. The predicted octanol–water partition coefficient (Wildman–Crippen LogP) is 7.43. The SMILES string of the molecule is CCOc1c(/C(C)=C/C(=O)NCc2ccco2)cc2c(-c3ccc(Cl)cc3Cl)coc2c1C. The van der Waals surface area contributed by atoms with E-state index in [9.17, 15) is 4.79 Å². The molecule has 2 aromatic carbocycles. The van der Waals surface area contributed by atoms with Gasteiger partial charge in [0.1, 0.15) is 17.1 Å². The van der Waals surface area contributed by atoms with Gasteiger partial charge >= 0.3 is 0 Å². The summed E-state index contributed by atoms with van der Waals surface area (Å²) in [6.07, 6.45) is 4.81. The number of halogens is 2. The first-order chi connectivity index (χ1) is 15.9. The smallest absolute Gasteiger partial charge is 0.244 e. The van der Waals surface area contributed by atoms with Crippen molar-refractivity contribution >= 4 is 45.7 Å². The Labute approximate surface area is 201 Å². The maximum Gasteiger partial charge on any atom is 0.244 e. The number of carbonyl (C=O) groups excluding carboxylic acids is 1. The van der Waals surface area contributed by atoms with E-state index in [1.807, 2.05) is 39.0 Å². The number of allylic oxidation sites excluding steroid dienone is 1. The van der Waals surface area contributed by atoms with E-state index in [2.05, 4.69) is 5.32 Å². The van der Waals surface area contributed by atoms with Crippen LogP contribution in [0.1, 0.15) is 30.7 Å². The number of hydrogen-bond acceptors (Lipinski definition) is 4. The largest absolute Gasteiger partial charge is 0.493 e. The van der Waals surface area contributed by atoms with Crippen molar-refractivity contribution < 1.29 is 18.4 Å². The number of ether oxygens (including phenoxy) is 1. The molecule has 7 heteroatoms.